The molecule has 0 saturated heterocycles. The summed E-state index contributed by atoms with van der Waals surface area (Å²) in [7, 11) is 0. The average molecular weight is 264 g/mol. The van der Waals surface area contributed by atoms with Crippen molar-refractivity contribution in [3.8, 4) is 0 Å². The zero-order valence-corrected chi connectivity index (χ0v) is 10.7. The van der Waals surface area contributed by atoms with E-state index in [1.165, 1.54) is 17.5 Å². The first kappa shape index (κ1) is 12.3. The lowest BCUT2D eigenvalue weighted by Gasteiger charge is -2.06. The summed E-state index contributed by atoms with van der Waals surface area (Å²) >= 11 is 0. The van der Waals surface area contributed by atoms with Gasteiger partial charge in [-0.05, 0) is 22.9 Å². The van der Waals surface area contributed by atoms with Crippen molar-refractivity contribution in [2.45, 2.75) is 6.42 Å². The van der Waals surface area contributed by atoms with E-state index >= 15 is 0 Å². The Morgan fingerprint density at radius 2 is 1.75 bits per heavy atom. The lowest BCUT2D eigenvalue weighted by atomic mass is 10.0. The quantitative estimate of drug-likeness (QED) is 0.535. The Kier molecular flexibility index (Phi) is 3.13. The fourth-order valence-corrected chi connectivity index (χ4v) is 2.28. The molecular formula is C16H12N2O2. The Bertz CT molecular complexity index is 762. The van der Waals surface area contributed by atoms with Gasteiger partial charge in [0.25, 0.3) is 5.69 Å². The second-order valence-corrected chi connectivity index (χ2v) is 4.62. The fourth-order valence-electron chi connectivity index (χ4n) is 2.28. The van der Waals surface area contributed by atoms with Crippen molar-refractivity contribution in [2.75, 3.05) is 0 Å². The van der Waals surface area contributed by atoms with Crippen molar-refractivity contribution in [1.29, 1.82) is 0 Å². The van der Waals surface area contributed by atoms with Crippen LogP contribution in [0, 0.1) is 10.1 Å². The molecule has 2 aromatic carbocycles. The van der Waals surface area contributed by atoms with Crippen LogP contribution in [0.3, 0.4) is 0 Å². The van der Waals surface area contributed by atoms with Crippen LogP contribution in [-0.4, -0.2) is 9.91 Å². The lowest BCUT2D eigenvalue weighted by molar-refractivity contribution is -0.384. The largest absolute Gasteiger partial charge is 0.269 e. The van der Waals surface area contributed by atoms with E-state index in [4.69, 9.17) is 0 Å². The Morgan fingerprint density at radius 3 is 2.50 bits per heavy atom. The number of nitro groups is 1. The first-order valence-corrected chi connectivity index (χ1v) is 6.29. The number of fused-ring (bicyclic) bond motifs is 1. The molecular weight excluding hydrogens is 252 g/mol. The Hall–Kier alpha value is -2.75. The third-order valence-electron chi connectivity index (χ3n) is 3.29. The molecule has 0 fully saturated rings. The van der Waals surface area contributed by atoms with Gasteiger partial charge in [0.2, 0.25) is 0 Å². The topological polar surface area (TPSA) is 56.0 Å². The molecule has 0 unspecified atom stereocenters. The molecule has 4 nitrogen and oxygen atoms in total. The number of pyridine rings is 1. The standard InChI is InChI=1S/C16H12N2O2/c19-18(20)15-7-5-12(6-8-15)9-14-11-17-10-13-3-1-2-4-16(13)14/h1-8,10-11H,9H2. The van der Waals surface area contributed by atoms with Gasteiger partial charge in [-0.15, -0.1) is 0 Å². The van der Waals surface area contributed by atoms with Gasteiger partial charge < -0.3 is 0 Å². The molecule has 1 heterocycles. The van der Waals surface area contributed by atoms with E-state index in [9.17, 15) is 10.1 Å². The average Bonchev–Trinajstić information content (AvgIpc) is 2.48. The Labute approximate surface area is 115 Å². The minimum Gasteiger partial charge on any atom is -0.264 e. The summed E-state index contributed by atoms with van der Waals surface area (Å²) in [6, 6.07) is 14.7. The van der Waals surface area contributed by atoms with Crippen molar-refractivity contribution < 1.29 is 4.92 Å². The minimum atomic E-state index is -0.386. The monoisotopic (exact) mass is 264 g/mol. The van der Waals surface area contributed by atoms with Crippen LogP contribution in [0.4, 0.5) is 5.69 Å². The summed E-state index contributed by atoms with van der Waals surface area (Å²) in [6.07, 6.45) is 4.41. The van der Waals surface area contributed by atoms with E-state index in [1.807, 2.05) is 30.6 Å². The number of nitro benzene ring substituents is 1. The van der Waals surface area contributed by atoms with Gasteiger partial charge in [0.15, 0.2) is 0 Å². The van der Waals surface area contributed by atoms with Gasteiger partial charge >= 0.3 is 0 Å². The van der Waals surface area contributed by atoms with Gasteiger partial charge in [0, 0.05) is 29.9 Å². The predicted octanol–water partition coefficient (Wildman–Crippen LogP) is 3.73. The highest BCUT2D eigenvalue weighted by Crippen LogP contribution is 2.21. The molecule has 1 aromatic heterocycles. The molecule has 0 N–H and O–H groups in total. The summed E-state index contributed by atoms with van der Waals surface area (Å²) < 4.78 is 0. The SMILES string of the molecule is O=[N+]([O-])c1ccc(Cc2cncc3ccccc23)cc1. The maximum atomic E-state index is 10.6. The summed E-state index contributed by atoms with van der Waals surface area (Å²) in [5.41, 5.74) is 2.27. The Morgan fingerprint density at radius 1 is 1.00 bits per heavy atom. The third kappa shape index (κ3) is 2.36. The molecule has 0 radical (unpaired) electrons. The van der Waals surface area contributed by atoms with Crippen LogP contribution < -0.4 is 0 Å². The number of rotatable bonds is 3. The van der Waals surface area contributed by atoms with Crippen molar-refractivity contribution >= 4 is 16.5 Å². The van der Waals surface area contributed by atoms with Crippen molar-refractivity contribution in [2.24, 2.45) is 0 Å². The van der Waals surface area contributed by atoms with Crippen LogP contribution in [0.2, 0.25) is 0 Å². The highest BCUT2D eigenvalue weighted by Gasteiger charge is 2.06. The second kappa shape index (κ2) is 5.09. The van der Waals surface area contributed by atoms with E-state index in [-0.39, 0.29) is 10.6 Å². The summed E-state index contributed by atoms with van der Waals surface area (Å²) in [5, 5.41) is 12.9. The zero-order chi connectivity index (χ0) is 13.9. The molecule has 0 aliphatic carbocycles. The normalized spacial score (nSPS) is 10.6. The molecule has 4 heteroatoms. The van der Waals surface area contributed by atoms with Crippen molar-refractivity contribution in [3.05, 3.63) is 82.2 Å². The van der Waals surface area contributed by atoms with Gasteiger partial charge in [-0.25, -0.2) is 0 Å². The number of non-ortho nitro benzene ring substituents is 1. The molecule has 0 spiro atoms. The fraction of sp³-hybridized carbons (Fsp3) is 0.0625. The molecule has 0 aliphatic rings. The predicted molar refractivity (Wildman–Crippen MR) is 77.6 cm³/mol. The number of benzene rings is 2. The molecule has 20 heavy (non-hydrogen) atoms. The number of hydrogen-bond acceptors (Lipinski definition) is 3. The summed E-state index contributed by atoms with van der Waals surface area (Å²) in [6.45, 7) is 0. The van der Waals surface area contributed by atoms with Crippen LogP contribution in [0.25, 0.3) is 10.8 Å². The molecule has 0 amide bonds. The van der Waals surface area contributed by atoms with Gasteiger partial charge in [0.05, 0.1) is 4.92 Å². The Balaban J connectivity index is 1.95. The summed E-state index contributed by atoms with van der Waals surface area (Å²) in [5.74, 6) is 0. The molecule has 3 aromatic rings. The van der Waals surface area contributed by atoms with Gasteiger partial charge in [-0.1, -0.05) is 36.4 Å². The first-order valence-electron chi connectivity index (χ1n) is 6.29. The van der Waals surface area contributed by atoms with Gasteiger partial charge in [-0.3, -0.25) is 15.1 Å². The van der Waals surface area contributed by atoms with Crippen LogP contribution >= 0.6 is 0 Å². The van der Waals surface area contributed by atoms with Crippen molar-refractivity contribution in [1.82, 2.24) is 4.98 Å². The third-order valence-corrected chi connectivity index (χ3v) is 3.29. The number of aromatic nitrogens is 1. The molecule has 3 rings (SSSR count). The van der Waals surface area contributed by atoms with E-state index in [0.717, 1.165) is 16.5 Å². The second-order valence-electron chi connectivity index (χ2n) is 4.62. The van der Waals surface area contributed by atoms with E-state index < -0.39 is 0 Å². The van der Waals surface area contributed by atoms with Crippen LogP contribution in [-0.2, 0) is 6.42 Å². The highest BCUT2D eigenvalue weighted by molar-refractivity contribution is 5.84. The van der Waals surface area contributed by atoms with Crippen molar-refractivity contribution in [3.63, 3.8) is 0 Å². The molecule has 98 valence electrons. The maximum absolute atomic E-state index is 10.6. The van der Waals surface area contributed by atoms with Gasteiger partial charge in [-0.2, -0.15) is 0 Å². The molecule has 0 aliphatic heterocycles. The first-order chi connectivity index (χ1) is 9.74. The number of hydrogen-bond donors (Lipinski definition) is 0. The number of nitrogens with zero attached hydrogens (tertiary/aromatic N) is 2. The van der Waals surface area contributed by atoms with Crippen LogP contribution in [0.15, 0.2) is 60.9 Å². The van der Waals surface area contributed by atoms with Gasteiger partial charge in [0.1, 0.15) is 0 Å². The molecule has 0 saturated carbocycles. The zero-order valence-electron chi connectivity index (χ0n) is 10.7. The maximum Gasteiger partial charge on any atom is 0.269 e. The van der Waals surface area contributed by atoms with E-state index in [2.05, 4.69) is 11.1 Å². The minimum absolute atomic E-state index is 0.116. The molecule has 0 atom stereocenters. The smallest absolute Gasteiger partial charge is 0.264 e. The molecule has 0 bridgehead atoms. The van der Waals surface area contributed by atoms with Crippen LogP contribution in [0.5, 0.6) is 0 Å². The van der Waals surface area contributed by atoms with E-state index in [1.54, 1.807) is 12.1 Å². The van der Waals surface area contributed by atoms with Crippen LogP contribution in [0.1, 0.15) is 11.1 Å². The summed E-state index contributed by atoms with van der Waals surface area (Å²) in [4.78, 5) is 14.5. The van der Waals surface area contributed by atoms with E-state index in [0.29, 0.717) is 6.42 Å². The highest BCUT2D eigenvalue weighted by atomic mass is 16.6. The lowest BCUT2D eigenvalue weighted by Crippen LogP contribution is -1.93.